The maximum Gasteiger partial charge on any atom is 0.236 e. The largest absolute Gasteiger partial charge is 0.393 e. The summed E-state index contributed by atoms with van der Waals surface area (Å²) in [6.45, 7) is 10.9. The summed E-state index contributed by atoms with van der Waals surface area (Å²) >= 11 is 0. The number of hydrogen-bond acceptors (Lipinski definition) is 4. The van der Waals surface area contributed by atoms with Crippen molar-refractivity contribution in [1.29, 1.82) is 0 Å². The molecular formula is C32H48N2O3. The first-order valence-corrected chi connectivity index (χ1v) is 15.5. The fourth-order valence-corrected chi connectivity index (χ4v) is 10.2. The van der Waals surface area contributed by atoms with Crippen molar-refractivity contribution < 1.29 is 14.6 Å². The van der Waals surface area contributed by atoms with Crippen LogP contribution in [0.3, 0.4) is 0 Å². The molecule has 0 bridgehead atoms. The highest BCUT2D eigenvalue weighted by atomic mass is 16.5. The van der Waals surface area contributed by atoms with Gasteiger partial charge in [0, 0.05) is 18.5 Å². The first-order valence-electron chi connectivity index (χ1n) is 15.5. The summed E-state index contributed by atoms with van der Waals surface area (Å²) in [5.74, 6) is 3.23. The molecule has 7 rings (SSSR count). The van der Waals surface area contributed by atoms with Crippen LogP contribution in [0, 0.1) is 35.0 Å². The Balaban J connectivity index is 1.17. The molecule has 5 heteroatoms. The Morgan fingerprint density at radius 3 is 2.78 bits per heavy atom. The number of aliphatic hydroxyl groups excluding tert-OH is 1. The number of aliphatic hydroxyl groups is 1. The Bertz CT molecular complexity index is 1030. The fraction of sp³-hybridized carbons (Fsp3) is 0.844. The number of hydrogen-bond donors (Lipinski definition) is 2. The van der Waals surface area contributed by atoms with Crippen LogP contribution in [0.15, 0.2) is 22.8 Å². The summed E-state index contributed by atoms with van der Waals surface area (Å²) in [4.78, 5) is 15.7. The molecule has 204 valence electrons. The van der Waals surface area contributed by atoms with Crippen molar-refractivity contribution >= 4 is 5.91 Å². The third kappa shape index (κ3) is 3.69. The molecule has 1 amide bonds. The van der Waals surface area contributed by atoms with Crippen LogP contribution in [0.5, 0.6) is 0 Å². The topological polar surface area (TPSA) is 61.8 Å². The Hall–Kier alpha value is -1.17. The molecule has 37 heavy (non-hydrogen) atoms. The highest BCUT2D eigenvalue weighted by Crippen LogP contribution is 2.65. The van der Waals surface area contributed by atoms with Gasteiger partial charge in [0.25, 0.3) is 0 Å². The minimum absolute atomic E-state index is 0.146. The number of allylic oxidation sites excluding steroid dienone is 2. The van der Waals surface area contributed by atoms with E-state index in [9.17, 15) is 9.90 Å². The van der Waals surface area contributed by atoms with E-state index in [1.807, 2.05) is 0 Å². The van der Waals surface area contributed by atoms with E-state index in [4.69, 9.17) is 4.74 Å². The zero-order chi connectivity index (χ0) is 25.7. The van der Waals surface area contributed by atoms with Crippen molar-refractivity contribution in [2.75, 3.05) is 13.1 Å². The van der Waals surface area contributed by atoms with Crippen LogP contribution in [-0.2, 0) is 9.53 Å². The molecule has 3 saturated carbocycles. The van der Waals surface area contributed by atoms with Crippen LogP contribution in [0.2, 0.25) is 0 Å². The molecular weight excluding hydrogens is 460 g/mol. The summed E-state index contributed by atoms with van der Waals surface area (Å²) in [5, 5.41) is 13.8. The van der Waals surface area contributed by atoms with Gasteiger partial charge in [-0.2, -0.15) is 0 Å². The van der Waals surface area contributed by atoms with Gasteiger partial charge in [-0.3, -0.25) is 4.79 Å². The van der Waals surface area contributed by atoms with Crippen LogP contribution in [0.25, 0.3) is 0 Å². The molecule has 2 heterocycles. The van der Waals surface area contributed by atoms with Gasteiger partial charge in [0.1, 0.15) is 0 Å². The second-order valence-electron chi connectivity index (χ2n) is 14.4. The van der Waals surface area contributed by atoms with Crippen LogP contribution in [0.4, 0.5) is 0 Å². The predicted octanol–water partition coefficient (Wildman–Crippen LogP) is 4.99. The normalized spacial score (nSPS) is 48.9. The number of ether oxygens (including phenoxy) is 1. The van der Waals surface area contributed by atoms with E-state index in [-0.39, 0.29) is 35.2 Å². The molecule has 0 unspecified atom stereocenters. The van der Waals surface area contributed by atoms with Crippen molar-refractivity contribution in [3.05, 3.63) is 22.8 Å². The first-order chi connectivity index (χ1) is 17.7. The minimum atomic E-state index is -0.207. The van der Waals surface area contributed by atoms with Gasteiger partial charge in [-0.25, -0.2) is 0 Å². The Morgan fingerprint density at radius 1 is 1.19 bits per heavy atom. The lowest BCUT2D eigenvalue weighted by atomic mass is 9.56. The molecule has 5 fully saturated rings. The maximum atomic E-state index is 13.4. The quantitative estimate of drug-likeness (QED) is 0.527. The van der Waals surface area contributed by atoms with Crippen molar-refractivity contribution in [1.82, 2.24) is 10.2 Å². The zero-order valence-corrected chi connectivity index (χ0v) is 23.5. The molecule has 10 atom stereocenters. The van der Waals surface area contributed by atoms with Crippen molar-refractivity contribution in [3.8, 4) is 0 Å². The molecule has 2 N–H and O–H groups in total. The number of likely N-dealkylation sites (tertiary alicyclic amines) is 1. The van der Waals surface area contributed by atoms with Gasteiger partial charge in [-0.1, -0.05) is 38.0 Å². The van der Waals surface area contributed by atoms with E-state index in [2.05, 4.69) is 44.0 Å². The molecule has 0 radical (unpaired) electrons. The molecule has 0 aromatic rings. The van der Waals surface area contributed by atoms with Crippen LogP contribution in [-0.4, -0.2) is 58.9 Å². The summed E-state index contributed by atoms with van der Waals surface area (Å²) < 4.78 is 7.20. The SMILES string of the molecule is CC1=C2C[C@H]3[C@@H](CC=C4C[C@@H](O)CC[C@@]43C)[C@@H]2CC[C@]12O[C@@H]1C[C@H](C)CN(C(=O)CNC3CC3)[C@H]1[C@H]2C. The van der Waals surface area contributed by atoms with E-state index >= 15 is 0 Å². The number of carbonyl (C=O) groups excluding carboxylic acids is 1. The van der Waals surface area contributed by atoms with E-state index in [0.717, 1.165) is 44.6 Å². The van der Waals surface area contributed by atoms with Gasteiger partial charge in [0.15, 0.2) is 0 Å². The molecule has 0 aromatic heterocycles. The monoisotopic (exact) mass is 508 g/mol. The van der Waals surface area contributed by atoms with Crippen LogP contribution < -0.4 is 5.32 Å². The second kappa shape index (κ2) is 8.66. The lowest BCUT2D eigenvalue weighted by Crippen LogP contribution is -2.56. The van der Waals surface area contributed by atoms with Gasteiger partial charge in [0.05, 0.1) is 30.4 Å². The summed E-state index contributed by atoms with van der Waals surface area (Å²) in [7, 11) is 0. The smallest absolute Gasteiger partial charge is 0.236 e. The van der Waals surface area contributed by atoms with E-state index in [1.54, 1.807) is 11.1 Å². The minimum Gasteiger partial charge on any atom is -0.393 e. The molecule has 5 nitrogen and oxygen atoms in total. The van der Waals surface area contributed by atoms with E-state index in [0.29, 0.717) is 36.3 Å². The average molecular weight is 509 g/mol. The Kier molecular flexibility index (Phi) is 5.82. The second-order valence-corrected chi connectivity index (χ2v) is 14.4. The highest BCUT2D eigenvalue weighted by Gasteiger charge is 2.62. The van der Waals surface area contributed by atoms with Gasteiger partial charge in [-0.05, 0) is 106 Å². The predicted molar refractivity (Wildman–Crippen MR) is 145 cm³/mol. The van der Waals surface area contributed by atoms with Crippen molar-refractivity contribution in [2.45, 2.75) is 122 Å². The molecule has 0 aromatic carbocycles. The van der Waals surface area contributed by atoms with E-state index in [1.165, 1.54) is 37.7 Å². The lowest BCUT2D eigenvalue weighted by Gasteiger charge is -2.49. The third-order valence-corrected chi connectivity index (χ3v) is 12.4. The number of nitrogens with one attached hydrogen (secondary N) is 1. The number of rotatable bonds is 3. The Morgan fingerprint density at radius 2 is 2.00 bits per heavy atom. The Labute approximate surface area is 223 Å². The fourth-order valence-electron chi connectivity index (χ4n) is 10.2. The number of nitrogens with zero attached hydrogens (tertiary/aromatic N) is 1. The standard InChI is InChI=1S/C32H48N2O3/c1-18-13-28-30(34(17-18)29(36)16-33-22-6-7-22)20(3)32(37-28)12-10-24-25-8-5-21-14-23(35)9-11-31(21,4)27(25)15-26(24)19(32)2/h5,18,20,22-25,27-28,30,33,35H,6-17H2,1-4H3/t18-,20+,23-,24-,25-,27-,28+,30-,31-,32-/m0/s1. The van der Waals surface area contributed by atoms with Crippen LogP contribution in [0.1, 0.15) is 91.9 Å². The molecule has 2 saturated heterocycles. The molecule has 7 aliphatic rings. The number of fused-ring (bicyclic) bond motifs is 6. The number of carbonyl (C=O) groups is 1. The van der Waals surface area contributed by atoms with E-state index < -0.39 is 0 Å². The number of amides is 1. The third-order valence-electron chi connectivity index (χ3n) is 12.4. The molecule has 1 spiro atoms. The van der Waals surface area contributed by atoms with Crippen LogP contribution >= 0.6 is 0 Å². The van der Waals surface area contributed by atoms with Crippen molar-refractivity contribution in [3.63, 3.8) is 0 Å². The summed E-state index contributed by atoms with van der Waals surface area (Å²) in [6, 6.07) is 0.758. The maximum absolute atomic E-state index is 13.4. The number of piperidine rings is 1. The highest BCUT2D eigenvalue weighted by molar-refractivity contribution is 5.79. The zero-order valence-electron chi connectivity index (χ0n) is 23.5. The summed E-state index contributed by atoms with van der Waals surface area (Å²) in [6.07, 6.45) is 13.7. The average Bonchev–Trinajstić information content (AvgIpc) is 3.55. The lowest BCUT2D eigenvalue weighted by molar-refractivity contribution is -0.138. The molecule has 2 aliphatic heterocycles. The van der Waals surface area contributed by atoms with Gasteiger partial charge < -0.3 is 20.1 Å². The van der Waals surface area contributed by atoms with Gasteiger partial charge >= 0.3 is 0 Å². The van der Waals surface area contributed by atoms with Gasteiger partial charge in [-0.15, -0.1) is 0 Å². The molecule has 5 aliphatic carbocycles. The first kappa shape index (κ1) is 24.8. The summed E-state index contributed by atoms with van der Waals surface area (Å²) in [5.41, 5.74) is 4.82. The van der Waals surface area contributed by atoms with Crippen molar-refractivity contribution in [2.24, 2.45) is 35.0 Å². The van der Waals surface area contributed by atoms with Gasteiger partial charge in [0.2, 0.25) is 5.91 Å².